The van der Waals surface area contributed by atoms with Crippen molar-refractivity contribution in [2.75, 3.05) is 0 Å². The lowest BCUT2D eigenvalue weighted by Gasteiger charge is -2.04. The Kier molecular flexibility index (Phi) is 4.32. The highest BCUT2D eigenvalue weighted by Crippen LogP contribution is 2.19. The van der Waals surface area contributed by atoms with Gasteiger partial charge >= 0.3 is 0 Å². The van der Waals surface area contributed by atoms with Crippen molar-refractivity contribution in [3.8, 4) is 0 Å². The van der Waals surface area contributed by atoms with Crippen molar-refractivity contribution >= 4 is 33.3 Å². The van der Waals surface area contributed by atoms with E-state index in [0.29, 0.717) is 4.47 Å². The van der Waals surface area contributed by atoms with Gasteiger partial charge in [-0.2, -0.15) is 0 Å². The number of ketones is 1. The fourth-order valence-electron chi connectivity index (χ4n) is 1.65. The summed E-state index contributed by atoms with van der Waals surface area (Å²) in [7, 11) is 0. The quantitative estimate of drug-likeness (QED) is 0.730. The Morgan fingerprint density at radius 3 is 2.53 bits per heavy atom. The first-order valence-corrected chi connectivity index (χ1v) is 6.56. The highest BCUT2D eigenvalue weighted by Gasteiger charge is 2.12. The second-order valence-electron chi connectivity index (χ2n) is 3.99. The fraction of sp³-hybridized carbons (Fsp3) is 0.0714. The number of hydrogen-bond donors (Lipinski definition) is 0. The fourth-order valence-corrected chi connectivity index (χ4v) is 2.28. The lowest BCUT2D eigenvalue weighted by Crippen LogP contribution is -2.05. The van der Waals surface area contributed by atoms with Gasteiger partial charge in [0.05, 0.1) is 0 Å². The number of rotatable bonds is 3. The number of carbonyl (C=O) groups excluding carboxylic acids is 1. The van der Waals surface area contributed by atoms with Crippen LogP contribution >= 0.6 is 27.5 Å². The Bertz CT molecular complexity index is 623. The van der Waals surface area contributed by atoms with E-state index in [2.05, 4.69) is 15.9 Å². The molecule has 0 aliphatic carbocycles. The summed E-state index contributed by atoms with van der Waals surface area (Å²) in [5, 5.41) is 0.266. The van der Waals surface area contributed by atoms with Gasteiger partial charge in [-0.05, 0) is 35.9 Å². The van der Waals surface area contributed by atoms with Crippen LogP contribution in [0.3, 0.4) is 0 Å². The van der Waals surface area contributed by atoms with E-state index in [9.17, 15) is 13.6 Å². The lowest BCUT2D eigenvalue weighted by molar-refractivity contribution is 0.0991. The molecule has 5 heteroatoms. The molecule has 2 aromatic rings. The molecule has 0 atom stereocenters. The van der Waals surface area contributed by atoms with Gasteiger partial charge in [-0.25, -0.2) is 8.78 Å². The van der Waals surface area contributed by atoms with Gasteiger partial charge in [0.25, 0.3) is 0 Å². The second-order valence-corrected chi connectivity index (χ2v) is 5.35. The molecular weight excluding hydrogens is 338 g/mol. The molecule has 0 aliphatic rings. The van der Waals surface area contributed by atoms with Crippen LogP contribution in [0.2, 0.25) is 5.02 Å². The monoisotopic (exact) mass is 344 g/mol. The van der Waals surface area contributed by atoms with E-state index in [1.54, 1.807) is 0 Å². The van der Waals surface area contributed by atoms with Crippen molar-refractivity contribution in [3.05, 3.63) is 68.7 Å². The van der Waals surface area contributed by atoms with Crippen LogP contribution in [0.25, 0.3) is 0 Å². The largest absolute Gasteiger partial charge is 0.294 e. The molecule has 19 heavy (non-hydrogen) atoms. The zero-order valence-corrected chi connectivity index (χ0v) is 11.9. The minimum Gasteiger partial charge on any atom is -0.294 e. The van der Waals surface area contributed by atoms with Crippen molar-refractivity contribution in [3.63, 3.8) is 0 Å². The average Bonchev–Trinajstić information content (AvgIpc) is 2.31. The van der Waals surface area contributed by atoms with Crippen molar-refractivity contribution < 1.29 is 13.6 Å². The third-order valence-electron chi connectivity index (χ3n) is 2.55. The zero-order chi connectivity index (χ0) is 14.0. The van der Waals surface area contributed by atoms with Crippen molar-refractivity contribution in [2.45, 2.75) is 6.42 Å². The van der Waals surface area contributed by atoms with E-state index in [1.165, 1.54) is 24.3 Å². The average molecular weight is 346 g/mol. The van der Waals surface area contributed by atoms with Gasteiger partial charge in [0.1, 0.15) is 11.6 Å². The van der Waals surface area contributed by atoms with Crippen LogP contribution < -0.4 is 0 Å². The minimum atomic E-state index is -0.545. The molecule has 1 nitrogen and oxygen atoms in total. The molecule has 0 saturated carbocycles. The molecule has 0 fully saturated rings. The normalized spacial score (nSPS) is 10.5. The molecule has 0 bridgehead atoms. The van der Waals surface area contributed by atoms with Crippen LogP contribution in [0.5, 0.6) is 0 Å². The molecule has 2 aromatic carbocycles. The van der Waals surface area contributed by atoms with E-state index < -0.39 is 11.6 Å². The maximum Gasteiger partial charge on any atom is 0.167 e. The van der Waals surface area contributed by atoms with Crippen LogP contribution in [0.4, 0.5) is 8.78 Å². The predicted octanol–water partition coefficient (Wildman–Crippen LogP) is 4.81. The molecular formula is C14H8BrClF2O. The number of carbonyl (C=O) groups is 1. The lowest BCUT2D eigenvalue weighted by atomic mass is 10.0. The van der Waals surface area contributed by atoms with Crippen LogP contribution in [-0.2, 0) is 6.42 Å². The van der Waals surface area contributed by atoms with Crippen LogP contribution in [0.15, 0.2) is 40.9 Å². The Balaban J connectivity index is 2.25. The molecule has 98 valence electrons. The number of hydrogen-bond acceptors (Lipinski definition) is 1. The summed E-state index contributed by atoms with van der Waals surface area (Å²) in [4.78, 5) is 12.0. The molecule has 0 heterocycles. The Morgan fingerprint density at radius 1 is 1.16 bits per heavy atom. The SMILES string of the molecule is O=C(Cc1ccc(Cl)cc1F)c1cc(F)cc(Br)c1. The summed E-state index contributed by atoms with van der Waals surface area (Å²) in [5.74, 6) is -1.42. The summed E-state index contributed by atoms with van der Waals surface area (Å²) in [6, 6.07) is 7.98. The summed E-state index contributed by atoms with van der Waals surface area (Å²) >= 11 is 8.74. The summed E-state index contributed by atoms with van der Waals surface area (Å²) in [6.45, 7) is 0. The van der Waals surface area contributed by atoms with Crippen molar-refractivity contribution in [1.29, 1.82) is 0 Å². The third kappa shape index (κ3) is 3.61. The molecule has 0 aliphatic heterocycles. The van der Waals surface area contributed by atoms with Crippen LogP contribution in [0.1, 0.15) is 15.9 Å². The standard InChI is InChI=1S/C14H8BrClF2O/c15-10-3-9(4-12(17)6-10)14(19)5-8-1-2-11(16)7-13(8)18/h1-4,6-7H,5H2. The molecule has 2 rings (SSSR count). The molecule has 0 saturated heterocycles. The number of Topliss-reactive ketones (excluding diaryl/α,β-unsaturated/α-hetero) is 1. The molecule has 0 aromatic heterocycles. The van der Waals surface area contributed by atoms with E-state index >= 15 is 0 Å². The van der Waals surface area contributed by atoms with Gasteiger partial charge in [0.15, 0.2) is 5.78 Å². The van der Waals surface area contributed by atoms with E-state index in [4.69, 9.17) is 11.6 Å². The van der Waals surface area contributed by atoms with Gasteiger partial charge in [0.2, 0.25) is 0 Å². The van der Waals surface area contributed by atoms with E-state index in [-0.39, 0.29) is 28.4 Å². The Labute approximate surface area is 122 Å². The van der Waals surface area contributed by atoms with Crippen LogP contribution in [0, 0.1) is 11.6 Å². The molecule has 0 radical (unpaired) electrons. The van der Waals surface area contributed by atoms with E-state index in [1.807, 2.05) is 0 Å². The van der Waals surface area contributed by atoms with Crippen LogP contribution in [-0.4, -0.2) is 5.78 Å². The van der Waals surface area contributed by atoms with Crippen molar-refractivity contribution in [1.82, 2.24) is 0 Å². The second kappa shape index (κ2) is 5.80. The number of halogens is 4. The molecule has 0 unspecified atom stereocenters. The summed E-state index contributed by atoms with van der Waals surface area (Å²) in [5.41, 5.74) is 0.427. The molecule has 0 N–H and O–H groups in total. The highest BCUT2D eigenvalue weighted by molar-refractivity contribution is 9.10. The Morgan fingerprint density at radius 2 is 1.89 bits per heavy atom. The van der Waals surface area contributed by atoms with Gasteiger partial charge < -0.3 is 0 Å². The molecule has 0 amide bonds. The van der Waals surface area contributed by atoms with Gasteiger partial charge in [-0.1, -0.05) is 33.6 Å². The summed E-state index contributed by atoms with van der Waals surface area (Å²) in [6.07, 6.45) is -0.140. The zero-order valence-electron chi connectivity index (χ0n) is 9.59. The van der Waals surface area contributed by atoms with E-state index in [0.717, 1.165) is 12.1 Å². The Hall–Kier alpha value is -1.26. The first kappa shape index (κ1) is 14.2. The van der Waals surface area contributed by atoms with Gasteiger partial charge in [-0.3, -0.25) is 4.79 Å². The highest BCUT2D eigenvalue weighted by atomic mass is 79.9. The third-order valence-corrected chi connectivity index (χ3v) is 3.24. The van der Waals surface area contributed by atoms with Crippen molar-refractivity contribution in [2.24, 2.45) is 0 Å². The first-order valence-electron chi connectivity index (χ1n) is 5.39. The maximum atomic E-state index is 13.6. The maximum absolute atomic E-state index is 13.6. The van der Waals surface area contributed by atoms with Gasteiger partial charge in [-0.15, -0.1) is 0 Å². The first-order chi connectivity index (χ1) is 8.95. The smallest absolute Gasteiger partial charge is 0.167 e. The summed E-state index contributed by atoms with van der Waals surface area (Å²) < 4.78 is 27.2. The number of benzene rings is 2. The van der Waals surface area contributed by atoms with Gasteiger partial charge in [0, 0.05) is 21.5 Å². The topological polar surface area (TPSA) is 17.1 Å². The minimum absolute atomic E-state index is 0.140. The molecule has 0 spiro atoms. The predicted molar refractivity (Wildman–Crippen MR) is 73.5 cm³/mol.